The van der Waals surface area contributed by atoms with E-state index in [0.717, 1.165) is 17.0 Å². The van der Waals surface area contributed by atoms with Crippen molar-refractivity contribution < 1.29 is 19.1 Å². The number of likely N-dealkylation sites (N-methyl/N-ethyl adjacent to an activating group) is 1. The number of imide groups is 1. The number of fused-ring (bicyclic) bond motifs is 2. The molecule has 30 heavy (non-hydrogen) atoms. The summed E-state index contributed by atoms with van der Waals surface area (Å²) in [6.07, 6.45) is 0. The van der Waals surface area contributed by atoms with E-state index in [1.165, 1.54) is 13.1 Å². The maximum Gasteiger partial charge on any atom is 0.260 e. The number of aromatic nitrogens is 2. The average Bonchev–Trinajstić information content (AvgIpc) is 3.19. The predicted octanol–water partition coefficient (Wildman–Crippen LogP) is 3.35. The average molecular weight is 401 g/mol. The fourth-order valence-electron chi connectivity index (χ4n) is 4.19. The molecule has 1 atom stereocenters. The summed E-state index contributed by atoms with van der Waals surface area (Å²) < 4.78 is 14.3. The van der Waals surface area contributed by atoms with Crippen LogP contribution in [0.3, 0.4) is 0 Å². The highest BCUT2D eigenvalue weighted by Crippen LogP contribution is 2.47. The van der Waals surface area contributed by atoms with E-state index in [-0.39, 0.29) is 22.7 Å². The molecule has 0 fully saturated rings. The molecule has 2 amide bonds. The molecule has 0 bridgehead atoms. The number of aromatic hydroxyl groups is 1. The molecule has 0 saturated carbocycles. The highest BCUT2D eigenvalue weighted by Gasteiger charge is 2.55. The maximum absolute atomic E-state index is 14.3. The van der Waals surface area contributed by atoms with Crippen molar-refractivity contribution in [1.29, 1.82) is 0 Å². The van der Waals surface area contributed by atoms with Gasteiger partial charge in [-0.05, 0) is 42.0 Å². The van der Waals surface area contributed by atoms with Crippen LogP contribution in [0.25, 0.3) is 11.0 Å². The first-order valence-corrected chi connectivity index (χ1v) is 9.31. The summed E-state index contributed by atoms with van der Waals surface area (Å²) in [7, 11) is 1.37. The van der Waals surface area contributed by atoms with Gasteiger partial charge in [-0.25, -0.2) is 9.37 Å². The smallest absolute Gasteiger partial charge is 0.260 e. The van der Waals surface area contributed by atoms with Crippen molar-refractivity contribution in [3.63, 3.8) is 0 Å². The topological polar surface area (TPSA) is 86.3 Å². The van der Waals surface area contributed by atoms with Crippen LogP contribution in [0.2, 0.25) is 0 Å². The number of imidazole rings is 1. The van der Waals surface area contributed by atoms with Gasteiger partial charge in [0.15, 0.2) is 5.41 Å². The Balaban J connectivity index is 1.98. The fraction of sp³-hybridized carbons (Fsp3) is 0.0870. The molecule has 0 spiro atoms. The van der Waals surface area contributed by atoms with Gasteiger partial charge in [0, 0.05) is 18.2 Å². The van der Waals surface area contributed by atoms with Crippen molar-refractivity contribution in [2.45, 2.75) is 5.41 Å². The van der Waals surface area contributed by atoms with Crippen LogP contribution < -0.4 is 0 Å². The van der Waals surface area contributed by atoms with Gasteiger partial charge in [-0.2, -0.15) is 0 Å². The van der Waals surface area contributed by atoms with E-state index < -0.39 is 23.0 Å². The number of H-pyrrole nitrogens is 1. The second kappa shape index (κ2) is 6.25. The third-order valence-corrected chi connectivity index (χ3v) is 5.60. The van der Waals surface area contributed by atoms with Gasteiger partial charge in [-0.15, -0.1) is 0 Å². The lowest BCUT2D eigenvalue weighted by Crippen LogP contribution is -2.54. The number of benzene rings is 3. The molecule has 5 rings (SSSR count). The van der Waals surface area contributed by atoms with Crippen LogP contribution in [-0.2, 0) is 10.2 Å². The second-order valence-electron chi connectivity index (χ2n) is 7.23. The Hall–Kier alpha value is -4.00. The first-order valence-electron chi connectivity index (χ1n) is 9.31. The standard InChI is InChI=1S/C23H16FN3O3/c1-27-20(29)14-6-2-3-7-15(14)23(22(27)30,16-12-13(24)10-11-19(16)28)21-25-17-8-4-5-9-18(17)26-21/h2-12,28H,1H3,(H,25,26). The Labute approximate surface area is 170 Å². The highest BCUT2D eigenvalue weighted by atomic mass is 19.1. The summed E-state index contributed by atoms with van der Waals surface area (Å²) in [6.45, 7) is 0. The molecule has 3 aromatic carbocycles. The first kappa shape index (κ1) is 18.1. The number of phenolic OH excluding ortho intramolecular Hbond substituents is 1. The van der Waals surface area contributed by atoms with Gasteiger partial charge in [0.25, 0.3) is 11.8 Å². The Morgan fingerprint density at radius 3 is 2.53 bits per heavy atom. The van der Waals surface area contributed by atoms with E-state index in [1.54, 1.807) is 36.4 Å². The van der Waals surface area contributed by atoms with E-state index in [1.807, 2.05) is 12.1 Å². The van der Waals surface area contributed by atoms with Gasteiger partial charge in [0.1, 0.15) is 17.4 Å². The number of hydrogen-bond acceptors (Lipinski definition) is 4. The summed E-state index contributed by atoms with van der Waals surface area (Å²) in [5.74, 6) is -1.81. The minimum Gasteiger partial charge on any atom is -0.508 e. The van der Waals surface area contributed by atoms with E-state index in [4.69, 9.17) is 0 Å². The zero-order chi connectivity index (χ0) is 21.0. The molecule has 1 aliphatic rings. The lowest BCUT2D eigenvalue weighted by Gasteiger charge is -2.39. The van der Waals surface area contributed by atoms with Crippen LogP contribution in [0.4, 0.5) is 4.39 Å². The molecule has 4 aromatic rings. The monoisotopic (exact) mass is 401 g/mol. The molecule has 7 heteroatoms. The SMILES string of the molecule is CN1C(=O)c2ccccc2C(c2nc3ccccc3[nH]2)(c2cc(F)ccc2O)C1=O. The van der Waals surface area contributed by atoms with Gasteiger partial charge in [0.05, 0.1) is 11.0 Å². The van der Waals surface area contributed by atoms with Crippen LogP contribution in [-0.4, -0.2) is 38.8 Å². The normalized spacial score (nSPS) is 18.7. The number of nitrogens with one attached hydrogen (secondary N) is 1. The van der Waals surface area contributed by atoms with Crippen molar-refractivity contribution in [3.8, 4) is 5.75 Å². The predicted molar refractivity (Wildman–Crippen MR) is 108 cm³/mol. The molecule has 2 heterocycles. The number of aromatic amines is 1. The number of halogens is 1. The molecule has 0 saturated heterocycles. The van der Waals surface area contributed by atoms with Crippen molar-refractivity contribution in [2.75, 3.05) is 7.05 Å². The van der Waals surface area contributed by atoms with Gasteiger partial charge in [-0.3, -0.25) is 14.5 Å². The zero-order valence-corrected chi connectivity index (χ0v) is 15.9. The number of amides is 2. The third-order valence-electron chi connectivity index (χ3n) is 5.60. The lowest BCUT2D eigenvalue weighted by atomic mass is 9.68. The molecule has 0 aliphatic carbocycles. The molecule has 2 N–H and O–H groups in total. The van der Waals surface area contributed by atoms with Crippen LogP contribution in [0.5, 0.6) is 5.75 Å². The molecule has 148 valence electrons. The molecular weight excluding hydrogens is 385 g/mol. The number of carbonyl (C=O) groups excluding carboxylic acids is 2. The van der Waals surface area contributed by atoms with Gasteiger partial charge in [-0.1, -0.05) is 30.3 Å². The van der Waals surface area contributed by atoms with Crippen molar-refractivity contribution >= 4 is 22.8 Å². The zero-order valence-electron chi connectivity index (χ0n) is 15.9. The number of para-hydroxylation sites is 2. The van der Waals surface area contributed by atoms with Crippen molar-refractivity contribution in [3.05, 3.63) is 95.1 Å². The molecule has 0 radical (unpaired) electrons. The largest absolute Gasteiger partial charge is 0.508 e. The quantitative estimate of drug-likeness (QED) is 0.505. The fourth-order valence-corrected chi connectivity index (χ4v) is 4.19. The summed E-state index contributed by atoms with van der Waals surface area (Å²) in [5.41, 5.74) is 0.171. The van der Waals surface area contributed by atoms with Crippen LogP contribution >= 0.6 is 0 Å². The summed E-state index contributed by atoms with van der Waals surface area (Å²) >= 11 is 0. The number of hydrogen-bond donors (Lipinski definition) is 2. The molecule has 1 aliphatic heterocycles. The minimum atomic E-state index is -1.73. The van der Waals surface area contributed by atoms with E-state index in [2.05, 4.69) is 9.97 Å². The summed E-state index contributed by atoms with van der Waals surface area (Å²) in [6, 6.07) is 17.3. The van der Waals surface area contributed by atoms with Crippen LogP contribution in [0.15, 0.2) is 66.7 Å². The minimum absolute atomic E-state index is 0.0124. The van der Waals surface area contributed by atoms with Crippen molar-refractivity contribution in [1.82, 2.24) is 14.9 Å². The second-order valence-corrected chi connectivity index (χ2v) is 7.23. The van der Waals surface area contributed by atoms with Crippen LogP contribution in [0, 0.1) is 5.82 Å². The highest BCUT2D eigenvalue weighted by molar-refractivity contribution is 6.15. The summed E-state index contributed by atoms with van der Waals surface area (Å²) in [4.78, 5) is 35.4. The lowest BCUT2D eigenvalue weighted by molar-refractivity contribution is -0.131. The van der Waals surface area contributed by atoms with Gasteiger partial charge in [0.2, 0.25) is 0 Å². The Bertz CT molecular complexity index is 1310. The first-order chi connectivity index (χ1) is 14.4. The van der Waals surface area contributed by atoms with Gasteiger partial charge >= 0.3 is 0 Å². The Kier molecular flexibility index (Phi) is 3.76. The number of nitrogens with zero attached hydrogens (tertiary/aromatic N) is 2. The van der Waals surface area contributed by atoms with Crippen molar-refractivity contribution in [2.24, 2.45) is 0 Å². The van der Waals surface area contributed by atoms with E-state index >= 15 is 0 Å². The number of rotatable bonds is 2. The third kappa shape index (κ3) is 2.26. The van der Waals surface area contributed by atoms with Crippen LogP contribution in [0.1, 0.15) is 27.3 Å². The molecule has 1 aromatic heterocycles. The summed E-state index contributed by atoms with van der Waals surface area (Å²) in [5, 5.41) is 10.7. The Morgan fingerprint density at radius 2 is 1.73 bits per heavy atom. The number of carbonyl (C=O) groups is 2. The maximum atomic E-state index is 14.3. The van der Waals surface area contributed by atoms with Gasteiger partial charge < -0.3 is 10.1 Å². The van der Waals surface area contributed by atoms with E-state index in [0.29, 0.717) is 16.6 Å². The molecular formula is C23H16FN3O3. The number of phenols is 1. The Morgan fingerprint density at radius 1 is 1.00 bits per heavy atom. The van der Waals surface area contributed by atoms with E-state index in [9.17, 15) is 19.1 Å². The molecule has 1 unspecified atom stereocenters. The molecule has 6 nitrogen and oxygen atoms in total.